The van der Waals surface area contributed by atoms with Gasteiger partial charge in [0.05, 0.1) is 39.0 Å². The molecule has 0 radical (unpaired) electrons. The van der Waals surface area contributed by atoms with Crippen molar-refractivity contribution < 1.29 is 0 Å². The number of nitrogens with zero attached hydrogens (tertiary/aromatic N) is 3. The quantitative estimate of drug-likeness (QED) is 0.204. The fourth-order valence-electron chi connectivity index (χ4n) is 8.19. The first-order valence-corrected chi connectivity index (χ1v) is 15.9. The molecule has 0 saturated carbocycles. The van der Waals surface area contributed by atoms with E-state index in [4.69, 9.17) is 4.99 Å². The van der Waals surface area contributed by atoms with Crippen LogP contribution >= 0.6 is 0 Å². The highest BCUT2D eigenvalue weighted by atomic mass is 15.2. The van der Waals surface area contributed by atoms with Crippen LogP contribution in [0.4, 0.5) is 11.4 Å². The van der Waals surface area contributed by atoms with Gasteiger partial charge in [-0.1, -0.05) is 115 Å². The Kier molecular flexibility index (Phi) is 4.60. The molecule has 1 unspecified atom stereocenters. The second kappa shape index (κ2) is 8.74. The molecule has 4 heteroatoms. The van der Waals surface area contributed by atoms with Crippen molar-refractivity contribution in [3.05, 3.63) is 151 Å². The van der Waals surface area contributed by atoms with E-state index in [0.29, 0.717) is 0 Å². The fourth-order valence-corrected chi connectivity index (χ4v) is 8.19. The molecule has 1 atom stereocenters. The van der Waals surface area contributed by atoms with Crippen LogP contribution in [-0.2, 0) is 0 Å². The van der Waals surface area contributed by atoms with Gasteiger partial charge in [-0.3, -0.25) is 4.57 Å². The lowest BCUT2D eigenvalue weighted by molar-refractivity contribution is 0.962. The minimum atomic E-state index is -0.136. The van der Waals surface area contributed by atoms with Gasteiger partial charge in [-0.25, -0.2) is 4.99 Å². The number of hydrogen-bond donors (Lipinski definition) is 1. The summed E-state index contributed by atoms with van der Waals surface area (Å²) < 4.78 is 4.97. The molecule has 4 heterocycles. The third-order valence-corrected chi connectivity index (χ3v) is 10.0. The van der Waals surface area contributed by atoms with Crippen molar-refractivity contribution in [1.82, 2.24) is 8.97 Å². The van der Waals surface area contributed by atoms with Crippen LogP contribution in [0.25, 0.3) is 70.7 Å². The molecule has 1 N–H and O–H groups in total. The maximum absolute atomic E-state index is 5.46. The third-order valence-electron chi connectivity index (χ3n) is 10.0. The van der Waals surface area contributed by atoms with Gasteiger partial charge >= 0.3 is 0 Å². The van der Waals surface area contributed by atoms with Gasteiger partial charge in [-0.2, -0.15) is 0 Å². The lowest BCUT2D eigenvalue weighted by Crippen LogP contribution is -2.29. The maximum Gasteiger partial charge on any atom is 0.141 e. The molecule has 7 aromatic carbocycles. The van der Waals surface area contributed by atoms with Crippen LogP contribution in [-0.4, -0.2) is 14.8 Å². The second-order valence-electron chi connectivity index (χ2n) is 12.4. The molecule has 3 aromatic heterocycles. The van der Waals surface area contributed by atoms with Gasteiger partial charge in [0.1, 0.15) is 11.9 Å². The Balaban J connectivity index is 1.43. The molecule has 0 aliphatic carbocycles. The summed E-state index contributed by atoms with van der Waals surface area (Å²) in [6, 6.07) is 52.6. The minimum Gasteiger partial charge on any atom is -0.370 e. The first kappa shape index (κ1) is 24.2. The SMILES string of the molecule is c1ccc(C2Nc3ccccc3N=C2n2c3cccc4c5cccc6c7ccccc7n(c56)c5c6ccccc6cc2c5c43)cc1. The zero-order valence-corrected chi connectivity index (χ0v) is 24.8. The molecule has 0 bridgehead atoms. The average molecular weight is 587 g/mol. The van der Waals surface area contributed by atoms with E-state index in [9.17, 15) is 0 Å². The molecule has 10 aromatic rings. The standard InChI is InChI=1S/C42H26N4/c1-2-12-25(13-3-1)39-42(44-33-21-8-7-20-32(33)43-39)45-35-23-11-17-29-31-19-10-18-30-28-16-6-9-22-34(28)46(40(30)31)41-27-15-5-4-14-26(27)24-36(45)38(41)37(29)35/h1-24,39,43H. The van der Waals surface area contributed by atoms with Gasteiger partial charge < -0.3 is 9.72 Å². The number of hydrogen-bond acceptors (Lipinski definition) is 2. The van der Waals surface area contributed by atoms with Crippen molar-refractivity contribution in [2.75, 3.05) is 5.32 Å². The highest BCUT2D eigenvalue weighted by Gasteiger charge is 2.30. The number of aromatic nitrogens is 2. The monoisotopic (exact) mass is 586 g/mol. The lowest BCUT2D eigenvalue weighted by atomic mass is 10.0. The van der Waals surface area contributed by atoms with Crippen molar-refractivity contribution in [2.45, 2.75) is 6.04 Å². The number of aliphatic imine (C=N–C) groups is 1. The summed E-state index contributed by atoms with van der Waals surface area (Å²) in [4.78, 5) is 5.46. The van der Waals surface area contributed by atoms with Gasteiger partial charge in [0, 0.05) is 32.3 Å². The van der Waals surface area contributed by atoms with E-state index in [1.807, 2.05) is 0 Å². The number of fused-ring (bicyclic) bond motifs is 8. The molecule has 46 heavy (non-hydrogen) atoms. The van der Waals surface area contributed by atoms with Gasteiger partial charge in [0.15, 0.2) is 0 Å². The Hall–Kier alpha value is -6.13. The summed E-state index contributed by atoms with van der Waals surface area (Å²) in [5.41, 5.74) is 9.23. The van der Waals surface area contributed by atoms with E-state index >= 15 is 0 Å². The zero-order valence-electron chi connectivity index (χ0n) is 24.8. The predicted molar refractivity (Wildman–Crippen MR) is 193 cm³/mol. The number of nitrogens with one attached hydrogen (secondary N) is 1. The first-order valence-electron chi connectivity index (χ1n) is 15.9. The summed E-state index contributed by atoms with van der Waals surface area (Å²) in [5, 5.41) is 13.9. The smallest absolute Gasteiger partial charge is 0.141 e. The number of benzene rings is 7. The molecule has 0 amide bonds. The average Bonchev–Trinajstić information content (AvgIpc) is 3.58. The molecule has 4 nitrogen and oxygen atoms in total. The van der Waals surface area contributed by atoms with Crippen molar-refractivity contribution in [3.8, 4) is 0 Å². The second-order valence-corrected chi connectivity index (χ2v) is 12.4. The van der Waals surface area contributed by atoms with E-state index in [2.05, 4.69) is 160 Å². The van der Waals surface area contributed by atoms with Crippen LogP contribution < -0.4 is 5.32 Å². The summed E-state index contributed by atoms with van der Waals surface area (Å²) in [7, 11) is 0. The van der Waals surface area contributed by atoms with Gasteiger partial charge in [-0.05, 0) is 46.7 Å². The normalized spacial score (nSPS) is 15.0. The van der Waals surface area contributed by atoms with E-state index < -0.39 is 0 Å². The highest BCUT2D eigenvalue weighted by Crippen LogP contribution is 2.47. The lowest BCUT2D eigenvalue weighted by Gasteiger charge is -2.29. The third kappa shape index (κ3) is 3.01. The fraction of sp³-hybridized carbons (Fsp3) is 0.0238. The van der Waals surface area contributed by atoms with E-state index in [1.54, 1.807) is 0 Å². The molecular weight excluding hydrogens is 560 g/mol. The topological polar surface area (TPSA) is 33.7 Å². The molecule has 0 spiro atoms. The summed E-state index contributed by atoms with van der Waals surface area (Å²) in [6.45, 7) is 0. The Morgan fingerprint density at radius 2 is 1.17 bits per heavy atom. The van der Waals surface area contributed by atoms with Gasteiger partial charge in [-0.15, -0.1) is 0 Å². The highest BCUT2D eigenvalue weighted by molar-refractivity contribution is 6.36. The van der Waals surface area contributed by atoms with Crippen LogP contribution in [0.15, 0.2) is 151 Å². The minimum absolute atomic E-state index is 0.136. The summed E-state index contributed by atoms with van der Waals surface area (Å²) in [5.74, 6) is 0.972. The van der Waals surface area contributed by atoms with Crippen LogP contribution in [0.3, 0.4) is 0 Å². The molecule has 0 fully saturated rings. The number of rotatable bonds is 1. The van der Waals surface area contributed by atoms with E-state index in [-0.39, 0.29) is 6.04 Å². The van der Waals surface area contributed by atoms with Crippen molar-refractivity contribution in [3.63, 3.8) is 0 Å². The van der Waals surface area contributed by atoms with Crippen LogP contribution in [0.1, 0.15) is 11.6 Å². The molecule has 11 rings (SSSR count). The van der Waals surface area contributed by atoms with Gasteiger partial charge in [0.25, 0.3) is 0 Å². The van der Waals surface area contributed by atoms with Crippen LogP contribution in [0.2, 0.25) is 0 Å². The largest absolute Gasteiger partial charge is 0.370 e. The molecule has 1 aliphatic heterocycles. The molecular formula is C42H26N4. The predicted octanol–water partition coefficient (Wildman–Crippen LogP) is 10.8. The van der Waals surface area contributed by atoms with Gasteiger partial charge in [0.2, 0.25) is 0 Å². The Labute approximate surface area is 263 Å². The number of para-hydroxylation sites is 4. The Bertz CT molecular complexity index is 2890. The van der Waals surface area contributed by atoms with Crippen LogP contribution in [0.5, 0.6) is 0 Å². The van der Waals surface area contributed by atoms with E-state index in [1.165, 1.54) is 65.2 Å². The first-order chi connectivity index (χ1) is 22.8. The number of anilines is 1. The van der Waals surface area contributed by atoms with Crippen molar-refractivity contribution >= 4 is 87.9 Å². The van der Waals surface area contributed by atoms with Crippen LogP contribution in [0, 0.1) is 0 Å². The molecule has 0 saturated heterocycles. The summed E-state index contributed by atoms with van der Waals surface area (Å²) in [6.07, 6.45) is 0. The maximum atomic E-state index is 5.46. The Morgan fingerprint density at radius 1 is 0.500 bits per heavy atom. The molecule has 214 valence electrons. The molecule has 1 aliphatic rings. The Morgan fingerprint density at radius 3 is 2.09 bits per heavy atom. The summed E-state index contributed by atoms with van der Waals surface area (Å²) >= 11 is 0. The zero-order chi connectivity index (χ0) is 29.9. The van der Waals surface area contributed by atoms with E-state index in [0.717, 1.165) is 28.2 Å². The van der Waals surface area contributed by atoms with Crippen molar-refractivity contribution in [1.29, 1.82) is 0 Å². The van der Waals surface area contributed by atoms with Crippen molar-refractivity contribution in [2.24, 2.45) is 4.99 Å².